The number of hydrogen-bond donors (Lipinski definition) is 1. The molecule has 6 heteroatoms. The molecule has 0 aliphatic carbocycles. The Labute approximate surface area is 149 Å². The second-order valence-corrected chi connectivity index (χ2v) is 5.96. The molecule has 0 fully saturated rings. The molecule has 1 heterocycles. The van der Waals surface area contributed by atoms with Gasteiger partial charge in [0.05, 0.1) is 10.5 Å². The number of nitrogens with one attached hydrogen (secondary N) is 1. The van der Waals surface area contributed by atoms with Crippen molar-refractivity contribution in [2.24, 2.45) is 0 Å². The van der Waals surface area contributed by atoms with Crippen LogP contribution in [0.5, 0.6) is 0 Å². The number of carbonyl (C=O) groups excluding carboxylic acids is 1. The summed E-state index contributed by atoms with van der Waals surface area (Å²) < 4.78 is 0. The molecule has 4 rings (SSSR count). The van der Waals surface area contributed by atoms with Gasteiger partial charge in [0.25, 0.3) is 11.6 Å². The van der Waals surface area contributed by atoms with E-state index in [0.717, 1.165) is 5.69 Å². The zero-order valence-corrected chi connectivity index (χ0v) is 13.7. The van der Waals surface area contributed by atoms with Crippen molar-refractivity contribution in [1.82, 2.24) is 0 Å². The number of rotatable bonds is 3. The molecule has 0 radical (unpaired) electrons. The minimum atomic E-state index is -0.542. The van der Waals surface area contributed by atoms with Gasteiger partial charge >= 0.3 is 0 Å². The maximum atomic E-state index is 13.2. The highest BCUT2D eigenvalue weighted by Gasteiger charge is 2.34. The van der Waals surface area contributed by atoms with E-state index in [1.54, 1.807) is 23.1 Å². The summed E-state index contributed by atoms with van der Waals surface area (Å²) in [6.45, 7) is 0. The topological polar surface area (TPSA) is 75.5 Å². The molecule has 3 aromatic carbocycles. The van der Waals surface area contributed by atoms with E-state index in [4.69, 9.17) is 0 Å². The van der Waals surface area contributed by atoms with Gasteiger partial charge in [0.15, 0.2) is 0 Å². The minimum absolute atomic E-state index is 0.0105. The number of nitrogens with zero attached hydrogens (tertiary/aromatic N) is 2. The Morgan fingerprint density at radius 2 is 1.65 bits per heavy atom. The first-order chi connectivity index (χ1) is 12.6. The van der Waals surface area contributed by atoms with Crippen molar-refractivity contribution >= 4 is 23.0 Å². The first-order valence-electron chi connectivity index (χ1n) is 8.14. The number of hydrogen-bond acceptors (Lipinski definition) is 4. The maximum Gasteiger partial charge on any atom is 0.269 e. The first kappa shape index (κ1) is 15.8. The van der Waals surface area contributed by atoms with E-state index in [2.05, 4.69) is 5.32 Å². The van der Waals surface area contributed by atoms with Crippen LogP contribution in [0.4, 0.5) is 17.1 Å². The molecule has 1 aliphatic rings. The van der Waals surface area contributed by atoms with Crippen LogP contribution >= 0.6 is 0 Å². The van der Waals surface area contributed by atoms with Crippen LogP contribution in [-0.2, 0) is 0 Å². The summed E-state index contributed by atoms with van der Waals surface area (Å²) in [5.41, 5.74) is 2.63. The molecule has 1 N–H and O–H groups in total. The van der Waals surface area contributed by atoms with Gasteiger partial charge in [0.1, 0.15) is 6.17 Å². The zero-order valence-electron chi connectivity index (χ0n) is 13.7. The van der Waals surface area contributed by atoms with Crippen LogP contribution in [0.15, 0.2) is 78.9 Å². The van der Waals surface area contributed by atoms with E-state index in [0.29, 0.717) is 16.8 Å². The van der Waals surface area contributed by atoms with Crippen molar-refractivity contribution in [3.63, 3.8) is 0 Å². The molecular weight excluding hydrogens is 330 g/mol. The predicted octanol–water partition coefficient (Wildman–Crippen LogP) is 4.37. The van der Waals surface area contributed by atoms with Gasteiger partial charge in [-0.15, -0.1) is 0 Å². The highest BCUT2D eigenvalue weighted by molar-refractivity contribution is 6.12. The molecule has 1 unspecified atom stereocenters. The molecule has 1 aliphatic heterocycles. The number of nitro groups is 1. The average molecular weight is 345 g/mol. The highest BCUT2D eigenvalue weighted by atomic mass is 16.6. The summed E-state index contributed by atoms with van der Waals surface area (Å²) in [6, 6.07) is 22.9. The molecule has 128 valence electrons. The van der Waals surface area contributed by atoms with Gasteiger partial charge in [0.2, 0.25) is 0 Å². The standard InChI is InChI=1S/C20H15N3O3/c24-20-17-11-4-5-12-18(17)21-19(22(20)15-8-2-1-3-9-15)14-7-6-10-16(13-14)23(25)26/h1-13,19,21H. The van der Waals surface area contributed by atoms with Crippen molar-refractivity contribution in [2.45, 2.75) is 6.17 Å². The van der Waals surface area contributed by atoms with Gasteiger partial charge in [-0.2, -0.15) is 0 Å². The lowest BCUT2D eigenvalue weighted by Crippen LogP contribution is -2.43. The van der Waals surface area contributed by atoms with Crippen molar-refractivity contribution in [3.8, 4) is 0 Å². The second kappa shape index (κ2) is 6.33. The third-order valence-electron chi connectivity index (χ3n) is 4.36. The van der Waals surface area contributed by atoms with E-state index in [-0.39, 0.29) is 11.6 Å². The van der Waals surface area contributed by atoms with Crippen molar-refractivity contribution in [1.29, 1.82) is 0 Å². The smallest absolute Gasteiger partial charge is 0.269 e. The molecule has 3 aromatic rings. The Hall–Kier alpha value is -3.67. The maximum absolute atomic E-state index is 13.2. The Morgan fingerprint density at radius 3 is 2.42 bits per heavy atom. The van der Waals surface area contributed by atoms with Crippen LogP contribution in [0.1, 0.15) is 22.1 Å². The third kappa shape index (κ3) is 2.67. The van der Waals surface area contributed by atoms with Crippen LogP contribution in [0, 0.1) is 10.1 Å². The lowest BCUT2D eigenvalue weighted by Gasteiger charge is -2.38. The van der Waals surface area contributed by atoms with Crippen LogP contribution in [0.25, 0.3) is 0 Å². The third-order valence-corrected chi connectivity index (χ3v) is 4.36. The number of anilines is 2. The van der Waals surface area contributed by atoms with Gasteiger partial charge in [-0.3, -0.25) is 19.8 Å². The summed E-state index contributed by atoms with van der Waals surface area (Å²) in [5.74, 6) is -0.151. The summed E-state index contributed by atoms with van der Waals surface area (Å²) in [6.07, 6.45) is -0.542. The van der Waals surface area contributed by atoms with Gasteiger partial charge in [-0.1, -0.05) is 42.5 Å². The Morgan fingerprint density at radius 1 is 0.923 bits per heavy atom. The zero-order chi connectivity index (χ0) is 18.1. The SMILES string of the molecule is O=C1c2ccccc2NC(c2cccc([N+](=O)[O-])c2)N1c1ccccc1. The molecule has 26 heavy (non-hydrogen) atoms. The first-order valence-corrected chi connectivity index (χ1v) is 8.14. The number of benzene rings is 3. The number of nitro benzene ring substituents is 1. The fourth-order valence-electron chi connectivity index (χ4n) is 3.15. The van der Waals surface area contributed by atoms with E-state index < -0.39 is 11.1 Å². The van der Waals surface area contributed by atoms with E-state index in [9.17, 15) is 14.9 Å². The largest absolute Gasteiger partial charge is 0.360 e. The monoisotopic (exact) mass is 345 g/mol. The van der Waals surface area contributed by atoms with Gasteiger partial charge in [-0.25, -0.2) is 0 Å². The fraction of sp³-hybridized carbons (Fsp3) is 0.0500. The summed E-state index contributed by atoms with van der Waals surface area (Å²) in [4.78, 5) is 25.5. The van der Waals surface area contributed by atoms with E-state index in [1.807, 2.05) is 48.5 Å². The summed E-state index contributed by atoms with van der Waals surface area (Å²) in [5, 5.41) is 14.5. The molecule has 1 amide bonds. The lowest BCUT2D eigenvalue weighted by atomic mass is 10.0. The molecule has 0 spiro atoms. The van der Waals surface area contributed by atoms with Crippen LogP contribution in [0.2, 0.25) is 0 Å². The number of non-ortho nitro benzene ring substituents is 1. The second-order valence-electron chi connectivity index (χ2n) is 5.96. The average Bonchev–Trinajstić information content (AvgIpc) is 2.68. The highest BCUT2D eigenvalue weighted by Crippen LogP contribution is 2.37. The van der Waals surface area contributed by atoms with Gasteiger partial charge < -0.3 is 5.32 Å². The van der Waals surface area contributed by atoms with Crippen LogP contribution in [-0.4, -0.2) is 10.8 Å². The molecular formula is C20H15N3O3. The number of carbonyl (C=O) groups is 1. The molecule has 6 nitrogen and oxygen atoms in total. The molecule has 0 saturated heterocycles. The predicted molar refractivity (Wildman–Crippen MR) is 99.2 cm³/mol. The number of fused-ring (bicyclic) bond motifs is 1. The normalized spacial score (nSPS) is 15.9. The Kier molecular flexibility index (Phi) is 3.85. The van der Waals surface area contributed by atoms with Crippen molar-refractivity contribution in [3.05, 3.63) is 100 Å². The molecule has 0 bridgehead atoms. The Bertz CT molecular complexity index is 988. The van der Waals surface area contributed by atoms with Gasteiger partial charge in [0, 0.05) is 29.1 Å². The van der Waals surface area contributed by atoms with E-state index >= 15 is 0 Å². The van der Waals surface area contributed by atoms with Gasteiger partial charge in [-0.05, 0) is 24.3 Å². The molecule has 0 aromatic heterocycles. The number of amides is 1. The number of para-hydroxylation sites is 2. The van der Waals surface area contributed by atoms with Crippen LogP contribution in [0.3, 0.4) is 0 Å². The summed E-state index contributed by atoms with van der Waals surface area (Å²) in [7, 11) is 0. The Balaban J connectivity index is 1.86. The molecule has 0 saturated carbocycles. The fourth-order valence-corrected chi connectivity index (χ4v) is 3.15. The molecule has 1 atom stereocenters. The quantitative estimate of drug-likeness (QED) is 0.565. The van der Waals surface area contributed by atoms with Crippen molar-refractivity contribution in [2.75, 3.05) is 10.2 Å². The summed E-state index contributed by atoms with van der Waals surface area (Å²) >= 11 is 0. The van der Waals surface area contributed by atoms with E-state index in [1.165, 1.54) is 12.1 Å². The lowest BCUT2D eigenvalue weighted by molar-refractivity contribution is -0.384. The van der Waals surface area contributed by atoms with Crippen molar-refractivity contribution < 1.29 is 9.72 Å². The minimum Gasteiger partial charge on any atom is -0.360 e. The van der Waals surface area contributed by atoms with Crippen LogP contribution < -0.4 is 10.2 Å².